The molecular weight excluding hydrogens is 412 g/mol. The number of rotatable bonds is 7. The van der Waals surface area contributed by atoms with Gasteiger partial charge in [0.05, 0.1) is 13.7 Å². The minimum Gasteiger partial charge on any atom is -0.466 e. The van der Waals surface area contributed by atoms with Gasteiger partial charge in [-0.2, -0.15) is 0 Å². The molecule has 5 nitrogen and oxygen atoms in total. The van der Waals surface area contributed by atoms with Crippen LogP contribution in [0.1, 0.15) is 30.5 Å². The molecule has 170 valence electrons. The summed E-state index contributed by atoms with van der Waals surface area (Å²) in [5.41, 5.74) is 6.07. The van der Waals surface area contributed by atoms with Crippen LogP contribution in [0.15, 0.2) is 78.9 Å². The number of hydrogen-bond donors (Lipinski definition) is 1. The van der Waals surface area contributed by atoms with Crippen molar-refractivity contribution in [2.24, 2.45) is 0 Å². The summed E-state index contributed by atoms with van der Waals surface area (Å²) in [6.07, 6.45) is 3.03. The van der Waals surface area contributed by atoms with Crippen molar-refractivity contribution in [3.05, 3.63) is 95.6 Å². The third-order valence-corrected chi connectivity index (χ3v) is 5.10. The van der Waals surface area contributed by atoms with E-state index in [9.17, 15) is 9.59 Å². The molecule has 0 radical (unpaired) electrons. The zero-order valence-corrected chi connectivity index (χ0v) is 19.5. The molecule has 3 rings (SSSR count). The molecule has 33 heavy (non-hydrogen) atoms. The van der Waals surface area contributed by atoms with Gasteiger partial charge in [-0.15, -0.1) is 0 Å². The molecule has 0 aliphatic carbocycles. The highest BCUT2D eigenvalue weighted by Gasteiger charge is 2.17. The summed E-state index contributed by atoms with van der Waals surface area (Å²) in [5.74, 6) is -0.427. The highest BCUT2D eigenvalue weighted by Crippen LogP contribution is 2.24. The fourth-order valence-electron chi connectivity index (χ4n) is 3.44. The number of nitrogens with one attached hydrogen (secondary N) is 1. The highest BCUT2D eigenvalue weighted by molar-refractivity contribution is 5.93. The number of urea groups is 1. The molecule has 0 saturated carbocycles. The highest BCUT2D eigenvalue weighted by atomic mass is 16.5. The number of carbonyl (C=O) groups excluding carboxylic acids is 2. The Kier molecular flexibility index (Phi) is 8.03. The quantitative estimate of drug-likeness (QED) is 0.362. The maximum Gasteiger partial charge on any atom is 0.330 e. The van der Waals surface area contributed by atoms with Crippen LogP contribution < -0.4 is 10.2 Å². The molecule has 2 amide bonds. The van der Waals surface area contributed by atoms with Crippen LogP contribution in [-0.4, -0.2) is 25.2 Å². The average Bonchev–Trinajstić information content (AvgIpc) is 2.81. The lowest BCUT2D eigenvalue weighted by Gasteiger charge is -2.25. The van der Waals surface area contributed by atoms with E-state index in [1.165, 1.54) is 24.3 Å². The number of anilines is 1. The van der Waals surface area contributed by atoms with Gasteiger partial charge in [0.15, 0.2) is 0 Å². The zero-order chi connectivity index (χ0) is 23.8. The van der Waals surface area contributed by atoms with Crippen LogP contribution in [0.25, 0.3) is 17.2 Å². The van der Waals surface area contributed by atoms with Crippen molar-refractivity contribution in [3.63, 3.8) is 0 Å². The molecule has 0 aliphatic rings. The van der Waals surface area contributed by atoms with E-state index in [4.69, 9.17) is 0 Å². The topological polar surface area (TPSA) is 58.6 Å². The van der Waals surface area contributed by atoms with Gasteiger partial charge in [0.25, 0.3) is 0 Å². The summed E-state index contributed by atoms with van der Waals surface area (Å²) in [5, 5.41) is 2.98. The smallest absolute Gasteiger partial charge is 0.330 e. The molecule has 0 bridgehead atoms. The normalized spacial score (nSPS) is 10.9. The van der Waals surface area contributed by atoms with E-state index in [1.807, 2.05) is 50.2 Å². The van der Waals surface area contributed by atoms with Crippen molar-refractivity contribution in [1.29, 1.82) is 0 Å². The summed E-state index contributed by atoms with van der Waals surface area (Å²) < 4.78 is 4.66. The minimum atomic E-state index is -0.427. The van der Waals surface area contributed by atoms with Crippen LogP contribution in [-0.2, 0) is 16.1 Å². The average molecular weight is 443 g/mol. The predicted octanol–water partition coefficient (Wildman–Crippen LogP) is 5.97. The Balaban J connectivity index is 1.87. The largest absolute Gasteiger partial charge is 0.466 e. The third kappa shape index (κ3) is 6.81. The minimum absolute atomic E-state index is 0.00565. The second-order valence-corrected chi connectivity index (χ2v) is 8.21. The van der Waals surface area contributed by atoms with Gasteiger partial charge in [-0.1, -0.05) is 66.2 Å². The summed E-state index contributed by atoms with van der Waals surface area (Å²) in [6, 6.07) is 24.0. The van der Waals surface area contributed by atoms with Crippen molar-refractivity contribution in [1.82, 2.24) is 5.32 Å². The van der Waals surface area contributed by atoms with Gasteiger partial charge in [-0.3, -0.25) is 4.90 Å². The molecule has 0 saturated heterocycles. The Hall–Kier alpha value is -3.86. The van der Waals surface area contributed by atoms with Crippen molar-refractivity contribution in [2.45, 2.75) is 33.4 Å². The molecular formula is C28H30N2O3. The van der Waals surface area contributed by atoms with Gasteiger partial charge in [0, 0.05) is 17.8 Å². The Morgan fingerprint density at radius 1 is 0.970 bits per heavy atom. The van der Waals surface area contributed by atoms with E-state index in [-0.39, 0.29) is 12.1 Å². The predicted molar refractivity (Wildman–Crippen MR) is 134 cm³/mol. The molecule has 5 heteroatoms. The number of nitrogens with zero attached hydrogens (tertiary/aromatic N) is 1. The Labute approximate surface area is 195 Å². The summed E-state index contributed by atoms with van der Waals surface area (Å²) >= 11 is 0. The van der Waals surface area contributed by atoms with E-state index in [1.54, 1.807) is 11.0 Å². The van der Waals surface area contributed by atoms with Gasteiger partial charge >= 0.3 is 12.0 Å². The zero-order valence-electron chi connectivity index (χ0n) is 19.5. The molecule has 0 aromatic heterocycles. The molecule has 0 aliphatic heterocycles. The summed E-state index contributed by atoms with van der Waals surface area (Å²) in [6.45, 7) is 6.36. The number of amides is 2. The van der Waals surface area contributed by atoms with Crippen molar-refractivity contribution in [2.75, 3.05) is 12.0 Å². The van der Waals surface area contributed by atoms with E-state index < -0.39 is 5.97 Å². The van der Waals surface area contributed by atoms with Gasteiger partial charge in [-0.25, -0.2) is 9.59 Å². The van der Waals surface area contributed by atoms with Crippen LogP contribution in [0.3, 0.4) is 0 Å². The SMILES string of the molecule is COC(=O)/C=C/c1cccc(N(Cc2ccc(-c3cccc(C)c3)cc2)C(=O)NC(C)C)c1. The number of hydrogen-bond acceptors (Lipinski definition) is 3. The number of esters is 1. The Morgan fingerprint density at radius 3 is 2.36 bits per heavy atom. The summed E-state index contributed by atoms with van der Waals surface area (Å²) in [7, 11) is 1.34. The van der Waals surface area contributed by atoms with Crippen molar-refractivity contribution < 1.29 is 14.3 Å². The molecule has 0 heterocycles. The number of ether oxygens (including phenoxy) is 1. The number of aryl methyl sites for hydroxylation is 1. The second kappa shape index (κ2) is 11.1. The van der Waals surface area contributed by atoms with Crippen LogP contribution in [0.5, 0.6) is 0 Å². The van der Waals surface area contributed by atoms with Crippen molar-refractivity contribution in [3.8, 4) is 11.1 Å². The van der Waals surface area contributed by atoms with Gasteiger partial charge in [0.2, 0.25) is 0 Å². The molecule has 0 atom stereocenters. The van der Waals surface area contributed by atoms with E-state index in [0.29, 0.717) is 6.54 Å². The summed E-state index contributed by atoms with van der Waals surface area (Å²) in [4.78, 5) is 26.2. The molecule has 0 spiro atoms. The van der Waals surface area contributed by atoms with Crippen LogP contribution in [0.4, 0.5) is 10.5 Å². The first-order chi connectivity index (χ1) is 15.9. The standard InChI is InChI=1S/C28H30N2O3/c1-20(2)29-28(32)30(26-10-6-8-22(18-26)13-16-27(31)33-4)19-23-11-14-24(15-12-23)25-9-5-7-21(3)17-25/h5-18,20H,19H2,1-4H3,(H,29,32)/b16-13+. The van der Waals surface area contributed by atoms with E-state index >= 15 is 0 Å². The lowest BCUT2D eigenvalue weighted by atomic mass is 10.0. The van der Waals surface area contributed by atoms with Gasteiger partial charge in [0.1, 0.15) is 0 Å². The molecule has 3 aromatic carbocycles. The van der Waals surface area contributed by atoms with Crippen LogP contribution >= 0.6 is 0 Å². The molecule has 0 fully saturated rings. The molecule has 3 aromatic rings. The first-order valence-electron chi connectivity index (χ1n) is 11.0. The number of benzene rings is 3. The lowest BCUT2D eigenvalue weighted by molar-refractivity contribution is -0.134. The maximum atomic E-state index is 13.0. The van der Waals surface area contributed by atoms with E-state index in [2.05, 4.69) is 53.4 Å². The van der Waals surface area contributed by atoms with Crippen LogP contribution in [0, 0.1) is 6.92 Å². The number of carbonyl (C=O) groups is 2. The molecule has 1 N–H and O–H groups in total. The first-order valence-corrected chi connectivity index (χ1v) is 11.0. The Bertz CT molecular complexity index is 1130. The van der Waals surface area contributed by atoms with Gasteiger partial charge in [-0.05, 0) is 61.2 Å². The van der Waals surface area contributed by atoms with E-state index in [0.717, 1.165) is 22.4 Å². The Morgan fingerprint density at radius 2 is 1.70 bits per heavy atom. The van der Waals surface area contributed by atoms with Crippen molar-refractivity contribution >= 4 is 23.8 Å². The number of methoxy groups -OCH3 is 1. The lowest BCUT2D eigenvalue weighted by Crippen LogP contribution is -2.42. The first kappa shape index (κ1) is 23.8. The fourth-order valence-corrected chi connectivity index (χ4v) is 3.44. The monoisotopic (exact) mass is 442 g/mol. The maximum absolute atomic E-state index is 13.0. The molecule has 0 unspecified atom stereocenters. The third-order valence-electron chi connectivity index (χ3n) is 5.10. The fraction of sp³-hybridized carbons (Fsp3) is 0.214. The second-order valence-electron chi connectivity index (χ2n) is 8.21. The van der Waals surface area contributed by atoms with Crippen LogP contribution in [0.2, 0.25) is 0 Å². The van der Waals surface area contributed by atoms with Gasteiger partial charge < -0.3 is 10.1 Å².